The third kappa shape index (κ3) is 3.05. The number of likely N-dealkylation sites (tertiary alicyclic amines) is 1. The lowest BCUT2D eigenvalue weighted by molar-refractivity contribution is 0.0440. The topological polar surface area (TPSA) is 18.5 Å². The summed E-state index contributed by atoms with van der Waals surface area (Å²) >= 11 is 0. The SMILES string of the molecule is CC1CN(C2CCCN(C)C2)C(c2ccccc2)CN1. The van der Waals surface area contributed by atoms with Gasteiger partial charge in [0.25, 0.3) is 0 Å². The Morgan fingerprint density at radius 1 is 1.15 bits per heavy atom. The molecule has 0 saturated carbocycles. The summed E-state index contributed by atoms with van der Waals surface area (Å²) in [5.74, 6) is 0. The van der Waals surface area contributed by atoms with Gasteiger partial charge in [-0.15, -0.1) is 0 Å². The molecule has 2 aliphatic heterocycles. The van der Waals surface area contributed by atoms with Crippen LogP contribution in [0.2, 0.25) is 0 Å². The summed E-state index contributed by atoms with van der Waals surface area (Å²) in [7, 11) is 2.26. The second-order valence-corrected chi connectivity index (χ2v) is 6.49. The van der Waals surface area contributed by atoms with Crippen molar-refractivity contribution >= 4 is 0 Å². The molecule has 1 aromatic carbocycles. The summed E-state index contributed by atoms with van der Waals surface area (Å²) < 4.78 is 0. The Morgan fingerprint density at radius 2 is 1.95 bits per heavy atom. The van der Waals surface area contributed by atoms with Crippen LogP contribution in [-0.2, 0) is 0 Å². The molecule has 3 unspecified atom stereocenters. The molecule has 0 amide bonds. The monoisotopic (exact) mass is 273 g/mol. The fraction of sp³-hybridized carbons (Fsp3) is 0.647. The Hall–Kier alpha value is -0.900. The Morgan fingerprint density at radius 3 is 2.70 bits per heavy atom. The van der Waals surface area contributed by atoms with Gasteiger partial charge in [-0.05, 0) is 38.9 Å². The van der Waals surface area contributed by atoms with E-state index in [-0.39, 0.29) is 0 Å². The molecule has 0 spiro atoms. The summed E-state index contributed by atoms with van der Waals surface area (Å²) in [6.45, 7) is 7.02. The molecule has 0 aliphatic carbocycles. The van der Waals surface area contributed by atoms with Gasteiger partial charge in [0.05, 0.1) is 0 Å². The molecule has 1 aromatic rings. The molecule has 1 N–H and O–H groups in total. The maximum atomic E-state index is 3.66. The van der Waals surface area contributed by atoms with Gasteiger partial charge >= 0.3 is 0 Å². The van der Waals surface area contributed by atoms with Gasteiger partial charge in [-0.1, -0.05) is 30.3 Å². The zero-order valence-corrected chi connectivity index (χ0v) is 12.8. The van der Waals surface area contributed by atoms with Gasteiger partial charge in [-0.2, -0.15) is 0 Å². The molecule has 2 fully saturated rings. The Bertz CT molecular complexity index is 420. The molecule has 2 heterocycles. The van der Waals surface area contributed by atoms with Crippen molar-refractivity contribution in [3.05, 3.63) is 35.9 Å². The van der Waals surface area contributed by atoms with E-state index < -0.39 is 0 Å². The van der Waals surface area contributed by atoms with Gasteiger partial charge in [0.15, 0.2) is 0 Å². The lowest BCUT2D eigenvalue weighted by Gasteiger charge is -2.46. The molecule has 2 aliphatic rings. The molecule has 0 bridgehead atoms. The predicted octanol–water partition coefficient (Wildman–Crippen LogP) is 2.12. The first kappa shape index (κ1) is 14.1. The lowest BCUT2D eigenvalue weighted by atomic mass is 9.95. The van der Waals surface area contributed by atoms with Gasteiger partial charge in [-0.3, -0.25) is 4.90 Å². The summed E-state index contributed by atoms with van der Waals surface area (Å²) in [5, 5.41) is 3.66. The fourth-order valence-electron chi connectivity index (χ4n) is 3.74. The minimum absolute atomic E-state index is 0.531. The highest BCUT2D eigenvalue weighted by Gasteiger charge is 2.33. The lowest BCUT2D eigenvalue weighted by Crippen LogP contribution is -2.57. The van der Waals surface area contributed by atoms with Gasteiger partial charge < -0.3 is 10.2 Å². The van der Waals surface area contributed by atoms with Crippen LogP contribution < -0.4 is 5.32 Å². The number of benzene rings is 1. The number of piperazine rings is 1. The quantitative estimate of drug-likeness (QED) is 0.890. The zero-order chi connectivity index (χ0) is 13.9. The van der Waals surface area contributed by atoms with Gasteiger partial charge in [0, 0.05) is 37.8 Å². The summed E-state index contributed by atoms with van der Waals surface area (Å²) in [5.41, 5.74) is 1.46. The highest BCUT2D eigenvalue weighted by molar-refractivity contribution is 5.20. The van der Waals surface area contributed by atoms with Crippen molar-refractivity contribution in [2.75, 3.05) is 33.2 Å². The van der Waals surface area contributed by atoms with Gasteiger partial charge in [-0.25, -0.2) is 0 Å². The summed E-state index contributed by atoms with van der Waals surface area (Å²) in [6.07, 6.45) is 2.68. The third-order valence-corrected chi connectivity index (χ3v) is 4.80. The van der Waals surface area contributed by atoms with Gasteiger partial charge in [0.1, 0.15) is 0 Å². The minimum atomic E-state index is 0.531. The van der Waals surface area contributed by atoms with Crippen molar-refractivity contribution in [2.45, 2.75) is 37.9 Å². The fourth-order valence-corrected chi connectivity index (χ4v) is 3.74. The number of hydrogen-bond donors (Lipinski definition) is 1. The number of rotatable bonds is 2. The second kappa shape index (κ2) is 6.25. The van der Waals surface area contributed by atoms with Crippen LogP contribution in [0.5, 0.6) is 0 Å². The average Bonchev–Trinajstić information content (AvgIpc) is 2.48. The van der Waals surface area contributed by atoms with Crippen molar-refractivity contribution < 1.29 is 0 Å². The van der Waals surface area contributed by atoms with E-state index in [1.165, 1.54) is 31.5 Å². The van der Waals surface area contributed by atoms with E-state index in [0.717, 1.165) is 13.1 Å². The van der Waals surface area contributed by atoms with E-state index >= 15 is 0 Å². The molecular formula is C17H27N3. The van der Waals surface area contributed by atoms with Crippen LogP contribution in [0.15, 0.2) is 30.3 Å². The first-order valence-corrected chi connectivity index (χ1v) is 7.96. The highest BCUT2D eigenvalue weighted by Crippen LogP contribution is 2.28. The molecule has 20 heavy (non-hydrogen) atoms. The summed E-state index contributed by atoms with van der Waals surface area (Å²) in [6, 6.07) is 12.8. The van der Waals surface area contributed by atoms with Crippen LogP contribution in [-0.4, -0.2) is 55.1 Å². The average molecular weight is 273 g/mol. The van der Waals surface area contributed by atoms with E-state index in [1.807, 2.05) is 0 Å². The van der Waals surface area contributed by atoms with Crippen molar-refractivity contribution in [3.63, 3.8) is 0 Å². The molecule has 110 valence electrons. The number of nitrogens with zero attached hydrogens (tertiary/aromatic N) is 2. The standard InChI is InChI=1S/C17H27N3/c1-14-12-20(16-9-6-10-19(2)13-16)17(11-18-14)15-7-4-3-5-8-15/h3-5,7-8,14,16-18H,6,9-13H2,1-2H3. The molecule has 3 nitrogen and oxygen atoms in total. The molecule has 3 atom stereocenters. The molecule has 0 radical (unpaired) electrons. The third-order valence-electron chi connectivity index (χ3n) is 4.80. The Balaban J connectivity index is 1.80. The Labute approximate surface area is 123 Å². The number of piperidine rings is 1. The summed E-state index contributed by atoms with van der Waals surface area (Å²) in [4.78, 5) is 5.25. The van der Waals surface area contributed by atoms with Crippen LogP contribution in [0.4, 0.5) is 0 Å². The van der Waals surface area contributed by atoms with Crippen LogP contribution in [0.3, 0.4) is 0 Å². The molecule has 0 aromatic heterocycles. The largest absolute Gasteiger partial charge is 0.311 e. The first-order chi connectivity index (χ1) is 9.74. The zero-order valence-electron chi connectivity index (χ0n) is 12.8. The van der Waals surface area contributed by atoms with E-state index in [0.29, 0.717) is 18.1 Å². The van der Waals surface area contributed by atoms with E-state index in [4.69, 9.17) is 0 Å². The molecule has 3 heteroatoms. The van der Waals surface area contributed by atoms with Crippen molar-refractivity contribution in [3.8, 4) is 0 Å². The van der Waals surface area contributed by atoms with E-state index in [2.05, 4.69) is 59.4 Å². The first-order valence-electron chi connectivity index (χ1n) is 7.96. The van der Waals surface area contributed by atoms with E-state index in [1.54, 1.807) is 0 Å². The van der Waals surface area contributed by atoms with Crippen LogP contribution >= 0.6 is 0 Å². The maximum Gasteiger partial charge on any atom is 0.0476 e. The van der Waals surface area contributed by atoms with Crippen molar-refractivity contribution in [1.29, 1.82) is 0 Å². The van der Waals surface area contributed by atoms with Crippen molar-refractivity contribution in [1.82, 2.24) is 15.1 Å². The van der Waals surface area contributed by atoms with Gasteiger partial charge in [0.2, 0.25) is 0 Å². The number of nitrogens with one attached hydrogen (secondary N) is 1. The predicted molar refractivity (Wildman–Crippen MR) is 83.9 cm³/mol. The highest BCUT2D eigenvalue weighted by atomic mass is 15.3. The molecule has 3 rings (SSSR count). The number of likely N-dealkylation sites (N-methyl/N-ethyl adjacent to an activating group) is 1. The minimum Gasteiger partial charge on any atom is -0.311 e. The normalized spacial score (nSPS) is 33.2. The Kier molecular flexibility index (Phi) is 4.39. The van der Waals surface area contributed by atoms with Crippen LogP contribution in [0.25, 0.3) is 0 Å². The molecule has 2 saturated heterocycles. The number of hydrogen-bond acceptors (Lipinski definition) is 3. The second-order valence-electron chi connectivity index (χ2n) is 6.49. The maximum absolute atomic E-state index is 3.66. The van der Waals surface area contributed by atoms with Crippen LogP contribution in [0.1, 0.15) is 31.4 Å². The molecular weight excluding hydrogens is 246 g/mol. The van der Waals surface area contributed by atoms with Crippen molar-refractivity contribution in [2.24, 2.45) is 0 Å². The van der Waals surface area contributed by atoms with E-state index in [9.17, 15) is 0 Å². The van der Waals surface area contributed by atoms with Crippen LogP contribution in [0, 0.1) is 0 Å². The smallest absolute Gasteiger partial charge is 0.0476 e.